The van der Waals surface area contributed by atoms with E-state index in [2.05, 4.69) is 20.9 Å². The molecule has 0 aromatic heterocycles. The number of likely N-dealkylation sites (N-methyl/N-ethyl adjacent to an activating group) is 1. The molecule has 1 fully saturated rings. The van der Waals surface area contributed by atoms with Crippen molar-refractivity contribution in [2.24, 2.45) is 0 Å². The second kappa shape index (κ2) is 10.1. The van der Waals surface area contributed by atoms with Gasteiger partial charge in [0.05, 0.1) is 13.7 Å². The molecule has 3 amide bonds. The van der Waals surface area contributed by atoms with Crippen LogP contribution in [0.25, 0.3) is 0 Å². The quantitative estimate of drug-likeness (QED) is 0.743. The number of ether oxygens (including phenoxy) is 1. The van der Waals surface area contributed by atoms with Crippen molar-refractivity contribution in [3.8, 4) is 5.75 Å². The summed E-state index contributed by atoms with van der Waals surface area (Å²) in [5.41, 5.74) is 0.601. The molecule has 1 saturated heterocycles. The SMILES string of the molecule is CNC1CCCN(CC(=O)NC(=O)Nc2ccc(OC)cc2)C1.Cl. The molecule has 1 atom stereocenters. The maximum atomic E-state index is 12.0. The van der Waals surface area contributed by atoms with Crippen molar-refractivity contribution in [3.05, 3.63) is 24.3 Å². The molecular formula is C16H25ClN4O3. The summed E-state index contributed by atoms with van der Waals surface area (Å²) in [4.78, 5) is 25.8. The molecule has 1 aliphatic heterocycles. The predicted molar refractivity (Wildman–Crippen MR) is 95.9 cm³/mol. The molecule has 1 aliphatic rings. The predicted octanol–water partition coefficient (Wildman–Crippen LogP) is 1.45. The average Bonchev–Trinajstić information content (AvgIpc) is 2.55. The Kier molecular flexibility index (Phi) is 8.53. The van der Waals surface area contributed by atoms with Gasteiger partial charge in [-0.15, -0.1) is 12.4 Å². The number of halogens is 1. The lowest BCUT2D eigenvalue weighted by Crippen LogP contribution is -2.49. The van der Waals surface area contributed by atoms with E-state index in [1.165, 1.54) is 0 Å². The summed E-state index contributed by atoms with van der Waals surface area (Å²) >= 11 is 0. The largest absolute Gasteiger partial charge is 0.497 e. The summed E-state index contributed by atoms with van der Waals surface area (Å²) in [5, 5.41) is 8.21. The number of benzene rings is 1. The lowest BCUT2D eigenvalue weighted by atomic mass is 10.1. The highest BCUT2D eigenvalue weighted by molar-refractivity contribution is 6.01. The number of likely N-dealkylation sites (tertiary alicyclic amines) is 1. The van der Waals surface area contributed by atoms with Crippen LogP contribution in [0.4, 0.5) is 10.5 Å². The number of piperidine rings is 1. The van der Waals surface area contributed by atoms with Gasteiger partial charge in [-0.05, 0) is 50.7 Å². The number of imide groups is 1. The number of hydrogen-bond acceptors (Lipinski definition) is 5. The molecule has 2 rings (SSSR count). The van der Waals surface area contributed by atoms with E-state index < -0.39 is 6.03 Å². The number of anilines is 1. The van der Waals surface area contributed by atoms with E-state index in [1.54, 1.807) is 31.4 Å². The maximum Gasteiger partial charge on any atom is 0.325 e. The standard InChI is InChI=1S/C16H24N4O3.ClH/c1-17-13-4-3-9-20(10-13)11-15(21)19-16(22)18-12-5-7-14(23-2)8-6-12;/h5-8,13,17H,3-4,9-11H2,1-2H3,(H2,18,19,21,22);1H. The van der Waals surface area contributed by atoms with Gasteiger partial charge in [0.15, 0.2) is 0 Å². The summed E-state index contributed by atoms with van der Waals surface area (Å²) in [6.07, 6.45) is 2.17. The molecule has 1 aromatic carbocycles. The molecule has 0 spiro atoms. The van der Waals surface area contributed by atoms with Gasteiger partial charge < -0.3 is 15.4 Å². The number of nitrogens with one attached hydrogen (secondary N) is 3. The van der Waals surface area contributed by atoms with Gasteiger partial charge in [0, 0.05) is 18.3 Å². The molecule has 0 bridgehead atoms. The van der Waals surface area contributed by atoms with Gasteiger partial charge in [-0.1, -0.05) is 0 Å². The van der Waals surface area contributed by atoms with Gasteiger partial charge in [-0.3, -0.25) is 15.0 Å². The molecule has 8 heteroatoms. The van der Waals surface area contributed by atoms with E-state index in [0.29, 0.717) is 17.5 Å². The summed E-state index contributed by atoms with van der Waals surface area (Å²) in [5.74, 6) is 0.406. The second-order valence-corrected chi connectivity index (χ2v) is 5.59. The van der Waals surface area contributed by atoms with E-state index in [0.717, 1.165) is 25.9 Å². The van der Waals surface area contributed by atoms with Crippen LogP contribution in [0.1, 0.15) is 12.8 Å². The number of carbonyl (C=O) groups excluding carboxylic acids is 2. The second-order valence-electron chi connectivity index (χ2n) is 5.59. The fourth-order valence-corrected chi connectivity index (χ4v) is 2.64. The fraction of sp³-hybridized carbons (Fsp3) is 0.500. The highest BCUT2D eigenvalue weighted by atomic mass is 35.5. The number of urea groups is 1. The third kappa shape index (κ3) is 6.35. The molecule has 0 aliphatic carbocycles. The number of methoxy groups -OCH3 is 1. The summed E-state index contributed by atoms with van der Waals surface area (Å²) in [6, 6.07) is 6.79. The van der Waals surface area contributed by atoms with Crippen molar-refractivity contribution in [3.63, 3.8) is 0 Å². The van der Waals surface area contributed by atoms with Gasteiger partial charge in [0.1, 0.15) is 5.75 Å². The maximum absolute atomic E-state index is 12.0. The van der Waals surface area contributed by atoms with Crippen LogP contribution in [0.2, 0.25) is 0 Å². The van der Waals surface area contributed by atoms with Crippen LogP contribution in [-0.4, -0.2) is 56.7 Å². The van der Waals surface area contributed by atoms with E-state index >= 15 is 0 Å². The molecule has 0 radical (unpaired) electrons. The van der Waals surface area contributed by atoms with Crippen LogP contribution in [0.5, 0.6) is 5.75 Å². The lowest BCUT2D eigenvalue weighted by Gasteiger charge is -2.31. The zero-order valence-electron chi connectivity index (χ0n) is 14.0. The monoisotopic (exact) mass is 356 g/mol. The minimum absolute atomic E-state index is 0. The molecule has 1 unspecified atom stereocenters. The Labute approximate surface area is 148 Å². The van der Waals surface area contributed by atoms with Crippen molar-refractivity contribution >= 4 is 30.0 Å². The molecule has 0 saturated carbocycles. The normalized spacial score (nSPS) is 17.5. The highest BCUT2D eigenvalue weighted by Crippen LogP contribution is 2.14. The van der Waals surface area contributed by atoms with Crippen molar-refractivity contribution < 1.29 is 14.3 Å². The Balaban J connectivity index is 0.00000288. The highest BCUT2D eigenvalue weighted by Gasteiger charge is 2.20. The third-order valence-electron chi connectivity index (χ3n) is 3.88. The Morgan fingerprint density at radius 1 is 1.29 bits per heavy atom. The van der Waals surface area contributed by atoms with Crippen LogP contribution in [0.15, 0.2) is 24.3 Å². The number of amides is 3. The molecule has 24 heavy (non-hydrogen) atoms. The van der Waals surface area contributed by atoms with Crippen LogP contribution >= 0.6 is 12.4 Å². The first kappa shape index (κ1) is 20.2. The average molecular weight is 357 g/mol. The van der Waals surface area contributed by atoms with Gasteiger partial charge in [0.25, 0.3) is 0 Å². The smallest absolute Gasteiger partial charge is 0.325 e. The lowest BCUT2D eigenvalue weighted by molar-refractivity contribution is -0.121. The first-order valence-electron chi connectivity index (χ1n) is 7.75. The fourth-order valence-electron chi connectivity index (χ4n) is 2.64. The van der Waals surface area contributed by atoms with E-state index in [-0.39, 0.29) is 24.9 Å². The van der Waals surface area contributed by atoms with Crippen molar-refractivity contribution in [1.82, 2.24) is 15.5 Å². The van der Waals surface area contributed by atoms with Crippen LogP contribution in [0, 0.1) is 0 Å². The molecule has 7 nitrogen and oxygen atoms in total. The Morgan fingerprint density at radius 2 is 2.00 bits per heavy atom. The minimum atomic E-state index is -0.526. The first-order valence-corrected chi connectivity index (χ1v) is 7.75. The topological polar surface area (TPSA) is 82.7 Å². The van der Waals surface area contributed by atoms with Gasteiger partial charge >= 0.3 is 6.03 Å². The summed E-state index contributed by atoms with van der Waals surface area (Å²) in [7, 11) is 3.50. The summed E-state index contributed by atoms with van der Waals surface area (Å²) < 4.78 is 5.05. The van der Waals surface area contributed by atoms with E-state index in [4.69, 9.17) is 4.74 Å². The van der Waals surface area contributed by atoms with E-state index in [9.17, 15) is 9.59 Å². The van der Waals surface area contributed by atoms with Gasteiger partial charge in [-0.25, -0.2) is 4.79 Å². The molecule has 3 N–H and O–H groups in total. The van der Waals surface area contributed by atoms with Crippen molar-refractivity contribution in [1.29, 1.82) is 0 Å². The number of rotatable bonds is 5. The molecule has 134 valence electrons. The Hall–Kier alpha value is -1.83. The zero-order chi connectivity index (χ0) is 16.7. The molecule has 1 aromatic rings. The van der Waals surface area contributed by atoms with Crippen LogP contribution < -0.4 is 20.7 Å². The molecule has 1 heterocycles. The van der Waals surface area contributed by atoms with Gasteiger partial charge in [0.2, 0.25) is 5.91 Å². The van der Waals surface area contributed by atoms with Crippen LogP contribution in [-0.2, 0) is 4.79 Å². The number of carbonyl (C=O) groups is 2. The first-order chi connectivity index (χ1) is 11.1. The van der Waals surface area contributed by atoms with E-state index in [1.807, 2.05) is 7.05 Å². The van der Waals surface area contributed by atoms with Crippen molar-refractivity contribution in [2.75, 3.05) is 39.1 Å². The molecular weight excluding hydrogens is 332 g/mol. The van der Waals surface area contributed by atoms with Crippen LogP contribution in [0.3, 0.4) is 0 Å². The third-order valence-corrected chi connectivity index (χ3v) is 3.88. The number of nitrogens with zero attached hydrogens (tertiary/aromatic N) is 1. The zero-order valence-corrected chi connectivity index (χ0v) is 14.8. The Bertz CT molecular complexity index is 539. The Morgan fingerprint density at radius 3 is 2.62 bits per heavy atom. The minimum Gasteiger partial charge on any atom is -0.497 e. The van der Waals surface area contributed by atoms with Gasteiger partial charge in [-0.2, -0.15) is 0 Å². The van der Waals surface area contributed by atoms with Crippen molar-refractivity contribution in [2.45, 2.75) is 18.9 Å². The summed E-state index contributed by atoms with van der Waals surface area (Å²) in [6.45, 7) is 1.93. The number of hydrogen-bond donors (Lipinski definition) is 3.